The third-order valence-corrected chi connectivity index (χ3v) is 3.45. The summed E-state index contributed by atoms with van der Waals surface area (Å²) in [6.45, 7) is 5.69. The molecule has 1 amide bonds. The van der Waals surface area contributed by atoms with E-state index in [2.05, 4.69) is 5.32 Å². The van der Waals surface area contributed by atoms with E-state index in [0.717, 1.165) is 5.56 Å². The standard InChI is InChI=1S/C12H16ClNO3S/c1-12(2,3)14-11(15)8-9-4-6-10(7-5-9)18(13,16)17/h4-7H,8H2,1-3H3,(H,14,15). The summed E-state index contributed by atoms with van der Waals surface area (Å²) >= 11 is 0. The van der Waals surface area contributed by atoms with E-state index >= 15 is 0 Å². The van der Waals surface area contributed by atoms with Crippen LogP contribution in [0.1, 0.15) is 26.3 Å². The van der Waals surface area contributed by atoms with Crippen LogP contribution < -0.4 is 5.32 Å². The minimum Gasteiger partial charge on any atom is -0.351 e. The molecule has 18 heavy (non-hydrogen) atoms. The number of amides is 1. The molecule has 0 heterocycles. The zero-order valence-electron chi connectivity index (χ0n) is 10.5. The van der Waals surface area contributed by atoms with Crippen molar-refractivity contribution in [2.24, 2.45) is 0 Å². The molecule has 100 valence electrons. The highest BCUT2D eigenvalue weighted by Gasteiger charge is 2.14. The van der Waals surface area contributed by atoms with Crippen LogP contribution in [0, 0.1) is 0 Å². The van der Waals surface area contributed by atoms with Gasteiger partial charge in [0.05, 0.1) is 11.3 Å². The molecular formula is C12H16ClNO3S. The molecule has 1 rings (SSSR count). The predicted molar refractivity (Wildman–Crippen MR) is 71.1 cm³/mol. The van der Waals surface area contributed by atoms with Gasteiger partial charge in [0.25, 0.3) is 9.05 Å². The molecule has 0 aliphatic carbocycles. The van der Waals surface area contributed by atoms with Crippen molar-refractivity contribution in [1.29, 1.82) is 0 Å². The van der Waals surface area contributed by atoms with Gasteiger partial charge in [-0.15, -0.1) is 0 Å². The van der Waals surface area contributed by atoms with E-state index in [1.807, 2.05) is 20.8 Å². The Balaban J connectivity index is 2.73. The summed E-state index contributed by atoms with van der Waals surface area (Å²) in [7, 11) is 1.49. The highest BCUT2D eigenvalue weighted by Crippen LogP contribution is 2.15. The fraction of sp³-hybridized carbons (Fsp3) is 0.417. The molecule has 0 bridgehead atoms. The van der Waals surface area contributed by atoms with Crippen LogP contribution in [0.5, 0.6) is 0 Å². The molecule has 1 aromatic carbocycles. The molecule has 0 fully saturated rings. The van der Waals surface area contributed by atoms with Gasteiger partial charge in [-0.3, -0.25) is 4.79 Å². The van der Waals surface area contributed by atoms with Gasteiger partial charge in [-0.25, -0.2) is 8.42 Å². The van der Waals surface area contributed by atoms with Crippen LogP contribution in [0.3, 0.4) is 0 Å². The highest BCUT2D eigenvalue weighted by atomic mass is 35.7. The lowest BCUT2D eigenvalue weighted by molar-refractivity contribution is -0.121. The van der Waals surface area contributed by atoms with Gasteiger partial charge in [-0.1, -0.05) is 12.1 Å². The maximum absolute atomic E-state index is 11.7. The first kappa shape index (κ1) is 15.0. The van der Waals surface area contributed by atoms with Crippen LogP contribution in [0.25, 0.3) is 0 Å². The van der Waals surface area contributed by atoms with E-state index in [1.165, 1.54) is 12.1 Å². The molecule has 0 unspecified atom stereocenters. The summed E-state index contributed by atoms with van der Waals surface area (Å²) in [4.78, 5) is 11.7. The van der Waals surface area contributed by atoms with Crippen LogP contribution in [-0.4, -0.2) is 19.9 Å². The number of benzene rings is 1. The Bertz CT molecular complexity index is 529. The van der Waals surface area contributed by atoms with Crippen molar-refractivity contribution in [2.45, 2.75) is 37.6 Å². The van der Waals surface area contributed by atoms with Crippen molar-refractivity contribution in [3.63, 3.8) is 0 Å². The fourth-order valence-electron chi connectivity index (χ4n) is 1.42. The average Bonchev–Trinajstić information content (AvgIpc) is 2.13. The Hall–Kier alpha value is -1.07. The van der Waals surface area contributed by atoms with E-state index < -0.39 is 9.05 Å². The molecule has 0 aromatic heterocycles. The quantitative estimate of drug-likeness (QED) is 0.867. The Kier molecular flexibility index (Phi) is 4.40. The molecular weight excluding hydrogens is 274 g/mol. The Morgan fingerprint density at radius 3 is 2.11 bits per heavy atom. The Morgan fingerprint density at radius 1 is 1.22 bits per heavy atom. The zero-order chi connectivity index (χ0) is 14.0. The smallest absolute Gasteiger partial charge is 0.261 e. The van der Waals surface area contributed by atoms with E-state index in [1.54, 1.807) is 12.1 Å². The van der Waals surface area contributed by atoms with Crippen molar-refractivity contribution in [1.82, 2.24) is 5.32 Å². The van der Waals surface area contributed by atoms with Crippen LogP contribution in [0.4, 0.5) is 0 Å². The lowest BCUT2D eigenvalue weighted by Gasteiger charge is -2.20. The second-order valence-corrected chi connectivity index (χ2v) is 7.62. The normalized spacial score (nSPS) is 12.2. The van der Waals surface area contributed by atoms with Crippen molar-refractivity contribution < 1.29 is 13.2 Å². The molecule has 0 radical (unpaired) electrons. The van der Waals surface area contributed by atoms with Crippen molar-refractivity contribution in [3.8, 4) is 0 Å². The van der Waals surface area contributed by atoms with E-state index in [-0.39, 0.29) is 22.8 Å². The molecule has 6 heteroatoms. The minimum atomic E-state index is -3.71. The third-order valence-electron chi connectivity index (χ3n) is 2.08. The predicted octanol–water partition coefficient (Wildman–Crippen LogP) is 2.07. The summed E-state index contributed by atoms with van der Waals surface area (Å²) in [5, 5.41) is 2.83. The van der Waals surface area contributed by atoms with Gasteiger partial charge in [-0.2, -0.15) is 0 Å². The van der Waals surface area contributed by atoms with Crippen molar-refractivity contribution >= 4 is 25.6 Å². The molecule has 0 atom stereocenters. The highest BCUT2D eigenvalue weighted by molar-refractivity contribution is 8.13. The van der Waals surface area contributed by atoms with Crippen molar-refractivity contribution in [3.05, 3.63) is 29.8 Å². The molecule has 4 nitrogen and oxygen atoms in total. The molecule has 0 aliphatic heterocycles. The van der Waals surface area contributed by atoms with Gasteiger partial charge in [0, 0.05) is 16.2 Å². The number of nitrogens with one attached hydrogen (secondary N) is 1. The second kappa shape index (κ2) is 5.28. The van der Waals surface area contributed by atoms with Gasteiger partial charge in [0.1, 0.15) is 0 Å². The fourth-order valence-corrected chi connectivity index (χ4v) is 2.19. The molecule has 1 aromatic rings. The van der Waals surface area contributed by atoms with E-state index in [9.17, 15) is 13.2 Å². The molecule has 0 spiro atoms. The first-order valence-corrected chi connectivity index (χ1v) is 7.73. The summed E-state index contributed by atoms with van der Waals surface area (Å²) in [6, 6.07) is 5.94. The molecule has 0 saturated carbocycles. The lowest BCUT2D eigenvalue weighted by atomic mass is 10.1. The second-order valence-electron chi connectivity index (χ2n) is 5.06. The van der Waals surface area contributed by atoms with Crippen molar-refractivity contribution in [2.75, 3.05) is 0 Å². The average molecular weight is 290 g/mol. The monoisotopic (exact) mass is 289 g/mol. The number of hydrogen-bond acceptors (Lipinski definition) is 3. The maximum atomic E-state index is 11.7. The van der Waals surface area contributed by atoms with E-state index in [0.29, 0.717) is 0 Å². The lowest BCUT2D eigenvalue weighted by Crippen LogP contribution is -2.41. The molecule has 1 N–H and O–H groups in total. The SMILES string of the molecule is CC(C)(C)NC(=O)Cc1ccc(S(=O)(=O)Cl)cc1. The van der Waals surface area contributed by atoms with Crippen LogP contribution in [0.2, 0.25) is 0 Å². The third kappa shape index (κ3) is 5.06. The van der Waals surface area contributed by atoms with Gasteiger partial charge >= 0.3 is 0 Å². The van der Waals surface area contributed by atoms with Gasteiger partial charge in [0.15, 0.2) is 0 Å². The Morgan fingerprint density at radius 2 is 1.72 bits per heavy atom. The summed E-state index contributed by atoms with van der Waals surface area (Å²) in [6.07, 6.45) is 0.208. The number of hydrogen-bond donors (Lipinski definition) is 1. The van der Waals surface area contributed by atoms with Gasteiger partial charge < -0.3 is 5.32 Å². The first-order valence-electron chi connectivity index (χ1n) is 5.42. The number of halogens is 1. The molecule has 0 saturated heterocycles. The van der Waals surface area contributed by atoms with Gasteiger partial charge in [0.2, 0.25) is 5.91 Å². The van der Waals surface area contributed by atoms with E-state index in [4.69, 9.17) is 10.7 Å². The molecule has 0 aliphatic rings. The number of carbonyl (C=O) groups is 1. The Labute approximate surface area is 112 Å². The topological polar surface area (TPSA) is 63.2 Å². The first-order chi connectivity index (χ1) is 8.08. The summed E-state index contributed by atoms with van der Waals surface area (Å²) in [5.41, 5.74) is 0.456. The van der Waals surface area contributed by atoms with Crippen LogP contribution in [0.15, 0.2) is 29.2 Å². The largest absolute Gasteiger partial charge is 0.351 e. The zero-order valence-corrected chi connectivity index (χ0v) is 12.1. The van der Waals surface area contributed by atoms with Crippen LogP contribution >= 0.6 is 10.7 Å². The maximum Gasteiger partial charge on any atom is 0.261 e. The van der Waals surface area contributed by atoms with Gasteiger partial charge in [-0.05, 0) is 38.5 Å². The summed E-state index contributed by atoms with van der Waals surface area (Å²) in [5.74, 6) is -0.107. The number of carbonyl (C=O) groups excluding carboxylic acids is 1. The minimum absolute atomic E-state index is 0.0316. The van der Waals surface area contributed by atoms with Crippen LogP contribution in [-0.2, 0) is 20.3 Å². The summed E-state index contributed by atoms with van der Waals surface area (Å²) < 4.78 is 22.1. The number of rotatable bonds is 3.